The van der Waals surface area contributed by atoms with E-state index in [0.29, 0.717) is 5.56 Å². The van der Waals surface area contributed by atoms with E-state index in [-0.39, 0.29) is 5.02 Å². The molecule has 0 heterocycles. The fraction of sp³-hybridized carbons (Fsp3) is 0.125. The van der Waals surface area contributed by atoms with Crippen molar-refractivity contribution in [2.24, 2.45) is 5.73 Å². The minimum atomic E-state index is -0.821. The van der Waals surface area contributed by atoms with Crippen LogP contribution in [-0.2, 0) is 0 Å². The maximum absolute atomic E-state index is 12.7. The predicted octanol–water partition coefficient (Wildman–Crippen LogP) is 2.00. The summed E-state index contributed by atoms with van der Waals surface area (Å²) in [6.07, 6.45) is 0. The maximum Gasteiger partial charge on any atom is 0.125 e. The number of nitrogens with two attached hydrogens (primary N) is 1. The van der Waals surface area contributed by atoms with Crippen molar-refractivity contribution in [2.75, 3.05) is 0 Å². The van der Waals surface area contributed by atoms with Crippen LogP contribution in [0, 0.1) is 17.1 Å². The van der Waals surface area contributed by atoms with Crippen LogP contribution in [0.3, 0.4) is 0 Å². The van der Waals surface area contributed by atoms with Crippen LogP contribution in [0.2, 0.25) is 5.02 Å². The molecule has 0 aliphatic heterocycles. The highest BCUT2D eigenvalue weighted by Gasteiger charge is 2.06. The van der Waals surface area contributed by atoms with Gasteiger partial charge in [-0.05, 0) is 23.8 Å². The van der Waals surface area contributed by atoms with Gasteiger partial charge in [0, 0.05) is 5.02 Å². The summed E-state index contributed by atoms with van der Waals surface area (Å²) in [5, 5.41) is 8.68. The molecule has 0 bridgehead atoms. The van der Waals surface area contributed by atoms with Crippen molar-refractivity contribution in [3.63, 3.8) is 0 Å². The zero-order valence-electron chi connectivity index (χ0n) is 6.09. The Morgan fingerprint density at radius 3 is 2.67 bits per heavy atom. The molecular weight excluding hydrogens is 179 g/mol. The lowest BCUT2D eigenvalue weighted by molar-refractivity contribution is 0.624. The highest BCUT2D eigenvalue weighted by atomic mass is 35.5. The lowest BCUT2D eigenvalue weighted by Crippen LogP contribution is -2.07. The van der Waals surface area contributed by atoms with Gasteiger partial charge in [-0.2, -0.15) is 5.26 Å². The van der Waals surface area contributed by atoms with Gasteiger partial charge in [0.2, 0.25) is 0 Å². The molecule has 0 saturated carbocycles. The molecule has 0 radical (unpaired) electrons. The maximum atomic E-state index is 12.7. The van der Waals surface area contributed by atoms with Crippen LogP contribution >= 0.6 is 11.6 Å². The van der Waals surface area contributed by atoms with E-state index < -0.39 is 11.9 Å². The molecule has 1 aromatic carbocycles. The summed E-state index contributed by atoms with van der Waals surface area (Å²) in [7, 11) is 0. The summed E-state index contributed by atoms with van der Waals surface area (Å²) in [5.41, 5.74) is 5.74. The number of nitrogens with zero attached hydrogens (tertiary/aromatic N) is 1. The molecule has 1 unspecified atom stereocenters. The number of rotatable bonds is 1. The summed E-state index contributed by atoms with van der Waals surface area (Å²) in [6.45, 7) is 0. The van der Waals surface area contributed by atoms with Crippen LogP contribution in [0.15, 0.2) is 18.2 Å². The first-order chi connectivity index (χ1) is 5.63. The highest BCUT2D eigenvalue weighted by molar-refractivity contribution is 6.30. The minimum Gasteiger partial charge on any atom is -0.312 e. The molecule has 0 fully saturated rings. The average Bonchev–Trinajstić information content (AvgIpc) is 2.01. The lowest BCUT2D eigenvalue weighted by Gasteiger charge is -2.02. The zero-order chi connectivity index (χ0) is 9.14. The molecule has 2 nitrogen and oxygen atoms in total. The molecule has 4 heteroatoms. The number of benzene rings is 1. The first-order valence-electron chi connectivity index (χ1n) is 3.24. The lowest BCUT2D eigenvalue weighted by atomic mass is 10.1. The summed E-state index contributed by atoms with van der Waals surface area (Å²) in [4.78, 5) is 0. The summed E-state index contributed by atoms with van der Waals surface area (Å²) in [5.74, 6) is -0.483. The molecule has 1 rings (SSSR count). The SMILES string of the molecule is N#CC(N)c1cc(F)cc(Cl)c1. The Labute approximate surface area is 74.4 Å². The van der Waals surface area contributed by atoms with Crippen LogP contribution in [0.25, 0.3) is 0 Å². The van der Waals surface area contributed by atoms with E-state index in [9.17, 15) is 4.39 Å². The number of hydrogen-bond donors (Lipinski definition) is 1. The van der Waals surface area contributed by atoms with E-state index in [0.717, 1.165) is 6.07 Å². The Kier molecular flexibility index (Phi) is 2.64. The number of halogens is 2. The predicted molar refractivity (Wildman–Crippen MR) is 44.0 cm³/mol. The molecule has 0 spiro atoms. The van der Waals surface area contributed by atoms with Gasteiger partial charge in [0.15, 0.2) is 0 Å². The van der Waals surface area contributed by atoms with Crippen molar-refractivity contribution < 1.29 is 4.39 Å². The molecule has 0 aromatic heterocycles. The second kappa shape index (κ2) is 3.53. The van der Waals surface area contributed by atoms with Crippen molar-refractivity contribution in [3.05, 3.63) is 34.6 Å². The molecule has 0 aliphatic rings. The standard InChI is InChI=1S/C8H6ClFN2/c9-6-1-5(8(12)4-11)2-7(10)3-6/h1-3,8H,12H2. The molecule has 12 heavy (non-hydrogen) atoms. The monoisotopic (exact) mass is 184 g/mol. The van der Waals surface area contributed by atoms with Crippen molar-refractivity contribution in [1.29, 1.82) is 5.26 Å². The molecule has 2 N–H and O–H groups in total. The summed E-state index contributed by atoms with van der Waals surface area (Å²) < 4.78 is 12.7. The third-order valence-electron chi connectivity index (χ3n) is 1.38. The fourth-order valence-corrected chi connectivity index (χ4v) is 1.06. The van der Waals surface area contributed by atoms with Gasteiger partial charge in [-0.1, -0.05) is 11.6 Å². The van der Waals surface area contributed by atoms with E-state index in [2.05, 4.69) is 0 Å². The molecule has 0 aliphatic carbocycles. The van der Waals surface area contributed by atoms with Gasteiger partial charge >= 0.3 is 0 Å². The van der Waals surface area contributed by atoms with Crippen molar-refractivity contribution in [3.8, 4) is 6.07 Å². The smallest absolute Gasteiger partial charge is 0.125 e. The third kappa shape index (κ3) is 1.94. The van der Waals surface area contributed by atoms with Crippen LogP contribution in [0.4, 0.5) is 4.39 Å². The van der Waals surface area contributed by atoms with Gasteiger partial charge in [0.25, 0.3) is 0 Å². The average molecular weight is 185 g/mol. The Bertz CT molecular complexity index is 312. The van der Waals surface area contributed by atoms with E-state index in [1.165, 1.54) is 12.1 Å². The second-order valence-corrected chi connectivity index (χ2v) is 2.75. The van der Waals surface area contributed by atoms with E-state index in [1.54, 1.807) is 6.07 Å². The molecule has 1 atom stereocenters. The van der Waals surface area contributed by atoms with Crippen molar-refractivity contribution in [2.45, 2.75) is 6.04 Å². The first kappa shape index (κ1) is 8.98. The van der Waals surface area contributed by atoms with Gasteiger partial charge < -0.3 is 5.73 Å². The molecule has 0 saturated heterocycles. The molecular formula is C8H6ClFN2. The van der Waals surface area contributed by atoms with Gasteiger partial charge in [0.1, 0.15) is 11.9 Å². The Morgan fingerprint density at radius 2 is 2.17 bits per heavy atom. The van der Waals surface area contributed by atoms with E-state index >= 15 is 0 Å². The van der Waals surface area contributed by atoms with Gasteiger partial charge in [-0.25, -0.2) is 4.39 Å². The topological polar surface area (TPSA) is 49.8 Å². The second-order valence-electron chi connectivity index (χ2n) is 2.31. The fourth-order valence-electron chi connectivity index (χ4n) is 0.829. The van der Waals surface area contributed by atoms with Gasteiger partial charge in [0.05, 0.1) is 6.07 Å². The zero-order valence-corrected chi connectivity index (χ0v) is 6.85. The van der Waals surface area contributed by atoms with Crippen LogP contribution < -0.4 is 5.73 Å². The quantitative estimate of drug-likeness (QED) is 0.726. The molecule has 0 amide bonds. The van der Waals surface area contributed by atoms with Crippen molar-refractivity contribution >= 4 is 11.6 Å². The van der Waals surface area contributed by atoms with Crippen LogP contribution in [-0.4, -0.2) is 0 Å². The Balaban J connectivity index is 3.10. The number of nitriles is 1. The van der Waals surface area contributed by atoms with Gasteiger partial charge in [-0.15, -0.1) is 0 Å². The minimum absolute atomic E-state index is 0.246. The summed E-state index contributed by atoms with van der Waals surface area (Å²) in [6, 6.07) is 4.79. The normalized spacial score (nSPS) is 12.2. The van der Waals surface area contributed by atoms with E-state index in [1.807, 2.05) is 0 Å². The molecule has 1 aromatic rings. The molecule has 62 valence electrons. The first-order valence-corrected chi connectivity index (χ1v) is 3.62. The van der Waals surface area contributed by atoms with Crippen LogP contribution in [0.1, 0.15) is 11.6 Å². The van der Waals surface area contributed by atoms with E-state index in [4.69, 9.17) is 22.6 Å². The third-order valence-corrected chi connectivity index (χ3v) is 1.60. The Morgan fingerprint density at radius 1 is 1.50 bits per heavy atom. The summed E-state index contributed by atoms with van der Waals surface area (Å²) >= 11 is 5.55. The van der Waals surface area contributed by atoms with Crippen LogP contribution in [0.5, 0.6) is 0 Å². The highest BCUT2D eigenvalue weighted by Crippen LogP contribution is 2.17. The van der Waals surface area contributed by atoms with Gasteiger partial charge in [-0.3, -0.25) is 0 Å². The largest absolute Gasteiger partial charge is 0.312 e. The Hall–Kier alpha value is -1.11. The number of hydrogen-bond acceptors (Lipinski definition) is 2. The van der Waals surface area contributed by atoms with Crippen molar-refractivity contribution in [1.82, 2.24) is 0 Å².